The Hall–Kier alpha value is -3.42. The van der Waals surface area contributed by atoms with Crippen molar-refractivity contribution >= 4 is 28.9 Å². The Kier molecular flexibility index (Phi) is 7.30. The minimum atomic E-state index is -0.586. The van der Waals surface area contributed by atoms with Crippen molar-refractivity contribution in [3.05, 3.63) is 64.2 Å². The normalized spacial score (nSPS) is 10.1. The van der Waals surface area contributed by atoms with Gasteiger partial charge in [-0.1, -0.05) is 31.5 Å². The molecule has 142 valence electrons. The zero-order valence-electron chi connectivity index (χ0n) is 14.9. The van der Waals surface area contributed by atoms with Crippen LogP contribution in [0.15, 0.2) is 48.5 Å². The van der Waals surface area contributed by atoms with Crippen LogP contribution in [0, 0.1) is 10.1 Å². The van der Waals surface area contributed by atoms with Gasteiger partial charge in [0.2, 0.25) is 0 Å². The third kappa shape index (κ3) is 6.10. The predicted octanol–water partition coefficient (Wildman–Crippen LogP) is 3.41. The number of carbonyl (C=O) groups excluding carboxylic acids is 2. The van der Waals surface area contributed by atoms with E-state index in [0.717, 1.165) is 12.8 Å². The number of unbranched alkanes of at least 4 members (excludes halogenated alkanes) is 1. The molecule has 2 aromatic carbocycles. The van der Waals surface area contributed by atoms with Crippen LogP contribution < -0.4 is 10.6 Å². The number of para-hydroxylation sites is 1. The van der Waals surface area contributed by atoms with Gasteiger partial charge in [-0.3, -0.25) is 19.7 Å². The van der Waals surface area contributed by atoms with Crippen molar-refractivity contribution in [3.8, 4) is 0 Å². The molecule has 0 saturated heterocycles. The summed E-state index contributed by atoms with van der Waals surface area (Å²) in [5.41, 5.74) is 0.799. The number of nitrogens with zero attached hydrogens (tertiary/aromatic N) is 1. The summed E-state index contributed by atoms with van der Waals surface area (Å²) in [6.07, 6.45) is 1.65. The van der Waals surface area contributed by atoms with Crippen molar-refractivity contribution in [1.82, 2.24) is 5.32 Å². The molecule has 0 fully saturated rings. The van der Waals surface area contributed by atoms with Crippen LogP contribution in [-0.4, -0.2) is 30.0 Å². The van der Waals surface area contributed by atoms with E-state index in [-0.39, 0.29) is 23.5 Å². The van der Waals surface area contributed by atoms with Crippen LogP contribution in [0.1, 0.15) is 30.1 Å². The Labute approximate surface area is 156 Å². The third-order valence-corrected chi connectivity index (χ3v) is 3.66. The molecule has 0 atom stereocenters. The Balaban J connectivity index is 2.05. The van der Waals surface area contributed by atoms with E-state index in [2.05, 4.69) is 10.6 Å². The molecule has 0 radical (unpaired) electrons. The number of nitro groups is 1. The van der Waals surface area contributed by atoms with Crippen molar-refractivity contribution in [2.75, 3.05) is 18.5 Å². The number of esters is 1. The van der Waals surface area contributed by atoms with Crippen LogP contribution >= 0.6 is 0 Å². The minimum Gasteiger partial charge on any atom is -0.464 e. The van der Waals surface area contributed by atoms with Crippen molar-refractivity contribution in [2.45, 2.75) is 19.8 Å². The first kappa shape index (κ1) is 19.9. The fraction of sp³-hybridized carbons (Fsp3) is 0.263. The highest BCUT2D eigenvalue weighted by Gasteiger charge is 2.18. The van der Waals surface area contributed by atoms with Crippen molar-refractivity contribution < 1.29 is 19.2 Å². The van der Waals surface area contributed by atoms with Crippen LogP contribution in [-0.2, 0) is 9.53 Å². The summed E-state index contributed by atoms with van der Waals surface area (Å²) in [5.74, 6) is -1.13. The first-order chi connectivity index (χ1) is 13.0. The van der Waals surface area contributed by atoms with Crippen LogP contribution in [0.25, 0.3) is 0 Å². The topological polar surface area (TPSA) is 111 Å². The fourth-order valence-electron chi connectivity index (χ4n) is 2.24. The van der Waals surface area contributed by atoms with Crippen molar-refractivity contribution in [2.24, 2.45) is 0 Å². The van der Waals surface area contributed by atoms with Crippen LogP contribution in [0.2, 0.25) is 0 Å². The van der Waals surface area contributed by atoms with Gasteiger partial charge < -0.3 is 15.4 Å². The zero-order valence-corrected chi connectivity index (χ0v) is 14.9. The maximum atomic E-state index is 12.2. The predicted molar refractivity (Wildman–Crippen MR) is 101 cm³/mol. The molecule has 0 aromatic heterocycles. The van der Waals surface area contributed by atoms with Gasteiger partial charge in [0.1, 0.15) is 12.2 Å². The van der Waals surface area contributed by atoms with Gasteiger partial charge in [-0.25, -0.2) is 0 Å². The van der Waals surface area contributed by atoms with Crippen LogP contribution in [0.5, 0.6) is 0 Å². The zero-order chi connectivity index (χ0) is 19.6. The van der Waals surface area contributed by atoms with Gasteiger partial charge in [0.15, 0.2) is 0 Å². The van der Waals surface area contributed by atoms with Crippen LogP contribution in [0.4, 0.5) is 17.1 Å². The number of hydrogen-bond acceptors (Lipinski definition) is 6. The van der Waals surface area contributed by atoms with Gasteiger partial charge in [-0.05, 0) is 30.7 Å². The maximum absolute atomic E-state index is 12.2. The Morgan fingerprint density at radius 3 is 2.56 bits per heavy atom. The lowest BCUT2D eigenvalue weighted by Gasteiger charge is -2.09. The van der Waals surface area contributed by atoms with Crippen molar-refractivity contribution in [1.29, 1.82) is 0 Å². The summed E-state index contributed by atoms with van der Waals surface area (Å²) in [4.78, 5) is 34.5. The molecule has 2 aromatic rings. The van der Waals surface area contributed by atoms with E-state index in [4.69, 9.17) is 4.74 Å². The number of ether oxygens (including phenoxy) is 1. The smallest absolute Gasteiger partial charge is 0.325 e. The number of nitrogens with one attached hydrogen (secondary N) is 2. The molecule has 27 heavy (non-hydrogen) atoms. The molecule has 1 amide bonds. The van der Waals surface area contributed by atoms with E-state index >= 15 is 0 Å². The van der Waals surface area contributed by atoms with Gasteiger partial charge >= 0.3 is 5.97 Å². The second kappa shape index (κ2) is 9.91. The van der Waals surface area contributed by atoms with Gasteiger partial charge in [0.25, 0.3) is 11.6 Å². The number of carbonyl (C=O) groups is 2. The van der Waals surface area contributed by atoms with E-state index in [1.54, 1.807) is 24.3 Å². The molecule has 0 heterocycles. The molecule has 0 aliphatic heterocycles. The van der Waals surface area contributed by atoms with Gasteiger partial charge in [0, 0.05) is 17.3 Å². The Bertz CT molecular complexity index is 808. The average molecular weight is 371 g/mol. The maximum Gasteiger partial charge on any atom is 0.325 e. The molecular formula is C19H21N3O5. The summed E-state index contributed by atoms with van der Waals surface area (Å²) in [7, 11) is 0. The SMILES string of the molecule is CCCCOC(=O)CNC(=O)c1ccc(Nc2ccccc2)c([N+](=O)[O-])c1. The summed E-state index contributed by atoms with van der Waals surface area (Å²) < 4.78 is 4.94. The second-order valence-corrected chi connectivity index (χ2v) is 5.74. The molecule has 0 aliphatic rings. The first-order valence-corrected chi connectivity index (χ1v) is 8.55. The number of benzene rings is 2. The molecule has 8 heteroatoms. The van der Waals surface area contributed by atoms with E-state index < -0.39 is 16.8 Å². The van der Waals surface area contributed by atoms with Crippen molar-refractivity contribution in [3.63, 3.8) is 0 Å². The molecule has 0 aliphatic carbocycles. The van der Waals surface area contributed by atoms with Crippen LogP contribution in [0.3, 0.4) is 0 Å². The number of rotatable bonds is 9. The molecule has 0 bridgehead atoms. The van der Waals surface area contributed by atoms with E-state index in [1.807, 2.05) is 13.0 Å². The molecular weight excluding hydrogens is 350 g/mol. The van der Waals surface area contributed by atoms with Gasteiger partial charge in [0.05, 0.1) is 11.5 Å². The molecule has 0 saturated carbocycles. The highest BCUT2D eigenvalue weighted by atomic mass is 16.6. The monoisotopic (exact) mass is 371 g/mol. The molecule has 8 nitrogen and oxygen atoms in total. The highest BCUT2D eigenvalue weighted by molar-refractivity contribution is 5.97. The number of anilines is 2. The lowest BCUT2D eigenvalue weighted by atomic mass is 10.1. The van der Waals surface area contributed by atoms with Gasteiger partial charge in [-0.2, -0.15) is 0 Å². The molecule has 2 rings (SSSR count). The fourth-order valence-corrected chi connectivity index (χ4v) is 2.24. The van der Waals surface area contributed by atoms with E-state index in [0.29, 0.717) is 12.3 Å². The summed E-state index contributed by atoms with van der Waals surface area (Å²) >= 11 is 0. The lowest BCUT2D eigenvalue weighted by molar-refractivity contribution is -0.383. The quantitative estimate of drug-likeness (QED) is 0.302. The summed E-state index contributed by atoms with van der Waals surface area (Å²) in [6, 6.07) is 13.1. The van der Waals surface area contributed by atoms with E-state index in [1.165, 1.54) is 18.2 Å². The highest BCUT2D eigenvalue weighted by Crippen LogP contribution is 2.28. The Morgan fingerprint density at radius 2 is 1.89 bits per heavy atom. The van der Waals surface area contributed by atoms with Gasteiger partial charge in [-0.15, -0.1) is 0 Å². The lowest BCUT2D eigenvalue weighted by Crippen LogP contribution is -2.30. The summed E-state index contributed by atoms with van der Waals surface area (Å²) in [6.45, 7) is 1.98. The minimum absolute atomic E-state index is 0.0849. The second-order valence-electron chi connectivity index (χ2n) is 5.74. The largest absolute Gasteiger partial charge is 0.464 e. The molecule has 0 unspecified atom stereocenters. The number of hydrogen-bond donors (Lipinski definition) is 2. The number of nitro benzene ring substituents is 1. The number of amides is 1. The summed E-state index contributed by atoms with van der Waals surface area (Å²) in [5, 5.41) is 16.7. The average Bonchev–Trinajstić information content (AvgIpc) is 2.67. The Morgan fingerprint density at radius 1 is 1.15 bits per heavy atom. The third-order valence-electron chi connectivity index (χ3n) is 3.66. The first-order valence-electron chi connectivity index (χ1n) is 8.55. The standard InChI is InChI=1S/C19H21N3O5/c1-2-3-11-27-18(23)13-20-19(24)14-9-10-16(17(12-14)22(25)26)21-15-7-5-4-6-8-15/h4-10,12,21H,2-3,11,13H2,1H3,(H,20,24). The molecule has 0 spiro atoms. The van der Waals surface area contributed by atoms with E-state index in [9.17, 15) is 19.7 Å². The molecule has 2 N–H and O–H groups in total.